The van der Waals surface area contributed by atoms with Crippen LogP contribution in [0.2, 0.25) is 0 Å². The molecule has 0 aliphatic carbocycles. The number of piperidine rings is 1. The molecule has 3 aromatic rings. The highest BCUT2D eigenvalue weighted by atomic mass is 32.1. The highest BCUT2D eigenvalue weighted by Gasteiger charge is 2.24. The zero-order chi connectivity index (χ0) is 25.1. The molecule has 196 valence electrons. The molecule has 5 rings (SSSR count). The Morgan fingerprint density at radius 1 is 1.00 bits per heavy atom. The van der Waals surface area contributed by atoms with Crippen molar-refractivity contribution in [1.29, 1.82) is 0 Å². The van der Waals surface area contributed by atoms with E-state index in [0.717, 1.165) is 37.2 Å². The summed E-state index contributed by atoms with van der Waals surface area (Å²) in [5, 5.41) is 0. The quantitative estimate of drug-likeness (QED) is 0.507. The van der Waals surface area contributed by atoms with Crippen LogP contribution in [0.5, 0.6) is 5.88 Å². The number of pyridine rings is 1. The number of hydrogen-bond acceptors (Lipinski definition) is 7. The number of likely N-dealkylation sites (tertiary alicyclic amines) is 1. The molecule has 2 aliphatic rings. The van der Waals surface area contributed by atoms with E-state index in [1.165, 1.54) is 5.56 Å². The maximum atomic E-state index is 11.7. The Labute approximate surface area is 223 Å². The Morgan fingerprint density at radius 3 is 2.41 bits per heavy atom. The van der Waals surface area contributed by atoms with Crippen molar-refractivity contribution in [3.05, 3.63) is 48.3 Å². The molecular weight excluding hydrogens is 490 g/mol. The number of benzene rings is 1. The first-order valence-electron chi connectivity index (χ1n) is 12.5. The Hall–Kier alpha value is -3.24. The number of carbonyl (C=O) groups is 2. The first kappa shape index (κ1) is 26.8. The van der Waals surface area contributed by atoms with Crippen molar-refractivity contribution in [2.24, 2.45) is 0 Å². The second-order valence-electron chi connectivity index (χ2n) is 9.41. The van der Waals surface area contributed by atoms with Gasteiger partial charge in [-0.2, -0.15) is 13.5 Å². The van der Waals surface area contributed by atoms with Crippen molar-refractivity contribution in [3.8, 4) is 17.1 Å². The average molecular weight is 524 g/mol. The van der Waals surface area contributed by atoms with E-state index in [0.29, 0.717) is 42.5 Å². The lowest BCUT2D eigenvalue weighted by atomic mass is 9.89. The molecule has 0 spiro atoms. The summed E-state index contributed by atoms with van der Waals surface area (Å²) in [7, 11) is 0. The summed E-state index contributed by atoms with van der Waals surface area (Å²) in [4.78, 5) is 40.7. The van der Waals surface area contributed by atoms with E-state index in [1.807, 2.05) is 11.0 Å². The molecule has 4 heterocycles. The number of aromatic nitrogens is 3. The van der Waals surface area contributed by atoms with Crippen LogP contribution in [-0.2, 0) is 14.3 Å². The van der Waals surface area contributed by atoms with E-state index in [9.17, 15) is 9.59 Å². The Balaban J connectivity index is 0.00000320. The molecule has 0 radical (unpaired) electrons. The van der Waals surface area contributed by atoms with Gasteiger partial charge in [0.2, 0.25) is 17.7 Å². The van der Waals surface area contributed by atoms with Crippen molar-refractivity contribution in [2.75, 3.05) is 39.4 Å². The van der Waals surface area contributed by atoms with Crippen molar-refractivity contribution >= 4 is 36.3 Å². The number of ether oxygens (including phenoxy) is 2. The fourth-order valence-electron chi connectivity index (χ4n) is 4.92. The fourth-order valence-corrected chi connectivity index (χ4v) is 4.92. The van der Waals surface area contributed by atoms with Crippen LogP contribution >= 0.6 is 13.5 Å². The van der Waals surface area contributed by atoms with Crippen LogP contribution in [0.1, 0.15) is 38.2 Å². The number of nitrogens with zero attached hydrogens (tertiary/aromatic N) is 5. The zero-order valence-corrected chi connectivity index (χ0v) is 22.2. The second-order valence-corrected chi connectivity index (χ2v) is 9.41. The molecule has 1 atom stereocenters. The summed E-state index contributed by atoms with van der Waals surface area (Å²) in [5.74, 6) is 1.04. The van der Waals surface area contributed by atoms with Crippen molar-refractivity contribution < 1.29 is 19.1 Å². The zero-order valence-electron chi connectivity index (χ0n) is 21.2. The highest BCUT2D eigenvalue weighted by Crippen LogP contribution is 2.31. The SMILES string of the molecule is CC(=O)N1CCC(c2ccc(-c3cc4nccnc4c(OC[C@@H]4CN(C(C)=O)CCO4)n3)cc2)CC1.S. The van der Waals surface area contributed by atoms with Crippen LogP contribution in [0.25, 0.3) is 22.3 Å². The molecule has 2 fully saturated rings. The third-order valence-electron chi connectivity index (χ3n) is 7.03. The monoisotopic (exact) mass is 523 g/mol. The molecule has 0 bridgehead atoms. The van der Waals surface area contributed by atoms with Gasteiger partial charge in [0.25, 0.3) is 0 Å². The summed E-state index contributed by atoms with van der Waals surface area (Å²) in [6, 6.07) is 10.4. The molecule has 0 N–H and O–H groups in total. The minimum Gasteiger partial charge on any atom is -0.473 e. The summed E-state index contributed by atoms with van der Waals surface area (Å²) >= 11 is 0. The maximum Gasteiger partial charge on any atom is 0.242 e. The Morgan fingerprint density at radius 2 is 1.70 bits per heavy atom. The maximum absolute atomic E-state index is 11.7. The molecular formula is C27H33N5O4S. The Bertz CT molecular complexity index is 1250. The lowest BCUT2D eigenvalue weighted by molar-refractivity contribution is -0.137. The molecule has 2 aromatic heterocycles. The third kappa shape index (κ3) is 6.19. The predicted octanol–water partition coefficient (Wildman–Crippen LogP) is 3.16. The lowest BCUT2D eigenvalue weighted by Gasteiger charge is -2.32. The largest absolute Gasteiger partial charge is 0.473 e. The molecule has 9 nitrogen and oxygen atoms in total. The van der Waals surface area contributed by atoms with Gasteiger partial charge in [0.05, 0.1) is 24.4 Å². The molecule has 2 aliphatic heterocycles. The van der Waals surface area contributed by atoms with Crippen LogP contribution in [0.15, 0.2) is 42.7 Å². The lowest BCUT2D eigenvalue weighted by Crippen LogP contribution is -2.46. The van der Waals surface area contributed by atoms with Crippen molar-refractivity contribution in [2.45, 2.75) is 38.7 Å². The van der Waals surface area contributed by atoms with Gasteiger partial charge in [-0.15, -0.1) is 0 Å². The average Bonchev–Trinajstić information content (AvgIpc) is 2.92. The topological polar surface area (TPSA) is 97.8 Å². The second kappa shape index (κ2) is 11.9. The van der Waals surface area contributed by atoms with Crippen LogP contribution in [-0.4, -0.2) is 82.1 Å². The smallest absolute Gasteiger partial charge is 0.242 e. The first-order valence-corrected chi connectivity index (χ1v) is 12.5. The molecule has 2 amide bonds. The predicted molar refractivity (Wildman–Crippen MR) is 145 cm³/mol. The number of rotatable bonds is 5. The number of hydrogen-bond donors (Lipinski definition) is 0. The van der Waals surface area contributed by atoms with Gasteiger partial charge in [-0.1, -0.05) is 24.3 Å². The number of fused-ring (bicyclic) bond motifs is 1. The van der Waals surface area contributed by atoms with Gasteiger partial charge in [-0.3, -0.25) is 14.6 Å². The van der Waals surface area contributed by atoms with E-state index < -0.39 is 0 Å². The summed E-state index contributed by atoms with van der Waals surface area (Å²) in [6.07, 6.45) is 5.00. The number of amides is 2. The van der Waals surface area contributed by atoms with Crippen LogP contribution < -0.4 is 4.74 Å². The first-order chi connectivity index (χ1) is 17.5. The van der Waals surface area contributed by atoms with Gasteiger partial charge in [0, 0.05) is 51.4 Å². The molecule has 37 heavy (non-hydrogen) atoms. The number of carbonyl (C=O) groups excluding carboxylic acids is 2. The van der Waals surface area contributed by atoms with E-state index >= 15 is 0 Å². The minimum atomic E-state index is -0.228. The van der Waals surface area contributed by atoms with Crippen molar-refractivity contribution in [3.63, 3.8) is 0 Å². The van der Waals surface area contributed by atoms with E-state index in [2.05, 4.69) is 34.2 Å². The third-order valence-corrected chi connectivity index (χ3v) is 7.03. The van der Waals surface area contributed by atoms with Gasteiger partial charge >= 0.3 is 0 Å². The van der Waals surface area contributed by atoms with E-state index in [-0.39, 0.29) is 38.0 Å². The van der Waals surface area contributed by atoms with Crippen LogP contribution in [0.3, 0.4) is 0 Å². The molecule has 0 saturated carbocycles. The standard InChI is InChI=1S/C27H31N5O4.H2S/c1-18(33)31-11-7-21(8-12-31)20-3-5-22(6-4-20)24-15-25-26(29-10-9-28-25)27(30-24)36-17-23-16-32(19(2)34)13-14-35-23;/h3-6,9-10,15,21,23H,7-8,11-14,16-17H2,1-2H3;1H2/t23-;/m0./s1. The van der Waals surface area contributed by atoms with Crippen LogP contribution in [0.4, 0.5) is 0 Å². The van der Waals surface area contributed by atoms with Gasteiger partial charge in [0.15, 0.2) is 5.52 Å². The van der Waals surface area contributed by atoms with Gasteiger partial charge < -0.3 is 19.3 Å². The van der Waals surface area contributed by atoms with Crippen molar-refractivity contribution in [1.82, 2.24) is 24.8 Å². The summed E-state index contributed by atoms with van der Waals surface area (Å²) < 4.78 is 11.9. The van der Waals surface area contributed by atoms with Gasteiger partial charge in [-0.25, -0.2) is 9.97 Å². The highest BCUT2D eigenvalue weighted by molar-refractivity contribution is 7.59. The van der Waals surface area contributed by atoms with Gasteiger partial charge in [0.1, 0.15) is 12.7 Å². The van der Waals surface area contributed by atoms with E-state index in [4.69, 9.17) is 14.5 Å². The number of morpholine rings is 1. The Kier molecular flexibility index (Phi) is 8.60. The van der Waals surface area contributed by atoms with E-state index in [1.54, 1.807) is 31.1 Å². The summed E-state index contributed by atoms with van der Waals surface area (Å²) in [6.45, 7) is 6.66. The molecule has 0 unspecified atom stereocenters. The minimum absolute atomic E-state index is 0. The molecule has 1 aromatic carbocycles. The molecule has 2 saturated heterocycles. The summed E-state index contributed by atoms with van der Waals surface area (Å²) in [5.41, 5.74) is 4.30. The van der Waals surface area contributed by atoms with Crippen LogP contribution in [0, 0.1) is 0 Å². The van der Waals surface area contributed by atoms with Gasteiger partial charge in [-0.05, 0) is 30.4 Å². The molecule has 10 heteroatoms. The normalized spacial score (nSPS) is 18.4. The fraction of sp³-hybridized carbons (Fsp3) is 0.444.